The van der Waals surface area contributed by atoms with Crippen molar-refractivity contribution in [2.45, 2.75) is 17.9 Å². The second-order valence-corrected chi connectivity index (χ2v) is 7.08. The van der Waals surface area contributed by atoms with Crippen LogP contribution in [-0.2, 0) is 10.0 Å². The molecule has 0 spiro atoms. The van der Waals surface area contributed by atoms with Crippen molar-refractivity contribution in [3.05, 3.63) is 64.9 Å². The minimum atomic E-state index is -3.71. The summed E-state index contributed by atoms with van der Waals surface area (Å²) in [4.78, 5) is 0.0466. The van der Waals surface area contributed by atoms with Crippen molar-refractivity contribution in [1.29, 1.82) is 0 Å². The highest BCUT2D eigenvalue weighted by Gasteiger charge is 2.27. The lowest BCUT2D eigenvalue weighted by Crippen LogP contribution is -2.30. The molecule has 0 saturated heterocycles. The van der Waals surface area contributed by atoms with E-state index in [4.69, 9.17) is 11.6 Å². The second-order valence-electron chi connectivity index (χ2n) is 4.67. The molecule has 0 bridgehead atoms. The molecule has 0 aromatic heterocycles. The molecule has 0 saturated carbocycles. The van der Waals surface area contributed by atoms with Crippen molar-refractivity contribution in [2.75, 3.05) is 7.05 Å². The smallest absolute Gasteiger partial charge is 0.207 e. The topological polar surface area (TPSA) is 37.4 Å². The van der Waals surface area contributed by atoms with Crippen molar-refractivity contribution >= 4 is 21.6 Å². The van der Waals surface area contributed by atoms with Crippen LogP contribution in [0.2, 0.25) is 5.02 Å². The van der Waals surface area contributed by atoms with E-state index < -0.39 is 21.9 Å². The van der Waals surface area contributed by atoms with Gasteiger partial charge in [0.05, 0.1) is 4.90 Å². The molecule has 112 valence electrons. The zero-order chi connectivity index (χ0) is 15.6. The largest absolute Gasteiger partial charge is 0.243 e. The third kappa shape index (κ3) is 3.26. The average molecular weight is 328 g/mol. The van der Waals surface area contributed by atoms with E-state index in [-0.39, 0.29) is 4.90 Å². The number of benzene rings is 2. The van der Waals surface area contributed by atoms with Crippen LogP contribution in [0.1, 0.15) is 18.5 Å². The summed E-state index contributed by atoms with van der Waals surface area (Å²) in [6.07, 6.45) is 0. The number of nitrogens with zero attached hydrogens (tertiary/aromatic N) is 1. The highest BCUT2D eigenvalue weighted by molar-refractivity contribution is 7.89. The number of hydrogen-bond donors (Lipinski definition) is 0. The van der Waals surface area contributed by atoms with Crippen molar-refractivity contribution in [3.8, 4) is 0 Å². The van der Waals surface area contributed by atoms with Crippen molar-refractivity contribution in [3.63, 3.8) is 0 Å². The third-order valence-corrected chi connectivity index (χ3v) is 5.68. The van der Waals surface area contributed by atoms with Crippen molar-refractivity contribution in [1.82, 2.24) is 4.31 Å². The molecule has 0 radical (unpaired) electrons. The van der Waals surface area contributed by atoms with E-state index in [9.17, 15) is 12.8 Å². The lowest BCUT2D eigenvalue weighted by molar-refractivity contribution is 0.398. The third-order valence-electron chi connectivity index (χ3n) is 3.39. The van der Waals surface area contributed by atoms with Crippen molar-refractivity contribution in [2.24, 2.45) is 0 Å². The summed E-state index contributed by atoms with van der Waals surface area (Å²) in [5, 5.41) is 0.506. The van der Waals surface area contributed by atoms with Crippen LogP contribution in [0.25, 0.3) is 0 Å². The van der Waals surface area contributed by atoms with E-state index in [0.29, 0.717) is 10.6 Å². The van der Waals surface area contributed by atoms with Gasteiger partial charge in [-0.25, -0.2) is 12.8 Å². The quantitative estimate of drug-likeness (QED) is 0.855. The monoisotopic (exact) mass is 327 g/mol. The first-order valence-corrected chi connectivity index (χ1v) is 8.14. The van der Waals surface area contributed by atoms with Gasteiger partial charge in [0.2, 0.25) is 10.0 Å². The van der Waals surface area contributed by atoms with Gasteiger partial charge in [0.25, 0.3) is 0 Å². The molecule has 6 heteroatoms. The molecule has 0 fully saturated rings. The van der Waals surface area contributed by atoms with Crippen LogP contribution >= 0.6 is 11.6 Å². The first kappa shape index (κ1) is 15.9. The lowest BCUT2D eigenvalue weighted by atomic mass is 10.1. The Kier molecular flexibility index (Phi) is 4.66. The predicted molar refractivity (Wildman–Crippen MR) is 81.2 cm³/mol. The van der Waals surface area contributed by atoms with Crippen LogP contribution in [0.15, 0.2) is 53.4 Å². The highest BCUT2D eigenvalue weighted by Crippen LogP contribution is 2.30. The fourth-order valence-electron chi connectivity index (χ4n) is 1.99. The van der Waals surface area contributed by atoms with Gasteiger partial charge >= 0.3 is 0 Å². The van der Waals surface area contributed by atoms with Gasteiger partial charge in [-0.15, -0.1) is 0 Å². The molecular weight excluding hydrogens is 313 g/mol. The van der Waals surface area contributed by atoms with E-state index in [1.807, 2.05) is 0 Å². The first-order chi connectivity index (χ1) is 9.84. The van der Waals surface area contributed by atoms with Crippen LogP contribution in [0.3, 0.4) is 0 Å². The van der Waals surface area contributed by atoms with Gasteiger partial charge < -0.3 is 0 Å². The standard InChI is InChI=1S/C15H15ClFNO2S/c1-11(14-5-3-4-6-15(14)16)18(2)21(19,20)13-9-7-12(17)8-10-13/h3-11H,1-2H3. The number of sulfonamides is 1. The molecule has 0 aliphatic rings. The number of hydrogen-bond acceptors (Lipinski definition) is 2. The normalized spacial score (nSPS) is 13.4. The molecule has 3 nitrogen and oxygen atoms in total. The molecule has 0 heterocycles. The lowest BCUT2D eigenvalue weighted by Gasteiger charge is -2.25. The van der Waals surface area contributed by atoms with Crippen LogP contribution in [0.4, 0.5) is 4.39 Å². The van der Waals surface area contributed by atoms with Crippen LogP contribution in [-0.4, -0.2) is 19.8 Å². The maximum absolute atomic E-state index is 12.9. The average Bonchev–Trinajstić information content (AvgIpc) is 2.46. The molecule has 0 aliphatic carbocycles. The minimum absolute atomic E-state index is 0.0466. The molecule has 0 aliphatic heterocycles. The fraction of sp³-hybridized carbons (Fsp3) is 0.200. The van der Waals surface area contributed by atoms with Gasteiger partial charge in [0.15, 0.2) is 0 Å². The summed E-state index contributed by atoms with van der Waals surface area (Å²) in [5.74, 6) is -0.476. The molecule has 0 amide bonds. The van der Waals surface area contributed by atoms with E-state index in [0.717, 1.165) is 12.1 Å². The maximum Gasteiger partial charge on any atom is 0.243 e. The molecule has 1 atom stereocenters. The van der Waals surface area contributed by atoms with Gasteiger partial charge in [-0.05, 0) is 42.8 Å². The Morgan fingerprint density at radius 3 is 2.24 bits per heavy atom. The fourth-order valence-corrected chi connectivity index (χ4v) is 3.63. The molecule has 21 heavy (non-hydrogen) atoms. The Hall–Kier alpha value is -1.43. The van der Waals surface area contributed by atoms with Gasteiger partial charge in [-0.2, -0.15) is 4.31 Å². The van der Waals surface area contributed by atoms with Crippen LogP contribution in [0.5, 0.6) is 0 Å². The molecule has 2 rings (SSSR count). The van der Waals surface area contributed by atoms with Crippen molar-refractivity contribution < 1.29 is 12.8 Å². The zero-order valence-corrected chi connectivity index (χ0v) is 13.2. The predicted octanol–water partition coefficient (Wildman–Crippen LogP) is 3.86. The summed E-state index contributed by atoms with van der Waals surface area (Å²) >= 11 is 6.11. The van der Waals surface area contributed by atoms with E-state index in [1.165, 1.54) is 23.5 Å². The molecule has 2 aromatic rings. The van der Waals surface area contributed by atoms with Crippen LogP contribution < -0.4 is 0 Å². The van der Waals surface area contributed by atoms with Gasteiger partial charge in [0.1, 0.15) is 5.82 Å². The first-order valence-electron chi connectivity index (χ1n) is 6.32. The van der Waals surface area contributed by atoms with Crippen LogP contribution in [0, 0.1) is 5.82 Å². The Labute approximate surface area is 129 Å². The van der Waals surface area contributed by atoms with E-state index in [1.54, 1.807) is 31.2 Å². The van der Waals surface area contributed by atoms with E-state index in [2.05, 4.69) is 0 Å². The summed E-state index contributed by atoms with van der Waals surface area (Å²) in [6, 6.07) is 11.4. The van der Waals surface area contributed by atoms with Gasteiger partial charge in [-0.1, -0.05) is 29.8 Å². The van der Waals surface area contributed by atoms with Gasteiger partial charge in [-0.3, -0.25) is 0 Å². The summed E-state index contributed by atoms with van der Waals surface area (Å²) in [6.45, 7) is 1.75. The Balaban J connectivity index is 2.36. The Morgan fingerprint density at radius 1 is 1.10 bits per heavy atom. The molecular formula is C15H15ClFNO2S. The van der Waals surface area contributed by atoms with Gasteiger partial charge in [0, 0.05) is 18.1 Å². The zero-order valence-electron chi connectivity index (χ0n) is 11.6. The SMILES string of the molecule is CC(c1ccccc1Cl)N(C)S(=O)(=O)c1ccc(F)cc1. The molecule has 1 unspecified atom stereocenters. The minimum Gasteiger partial charge on any atom is -0.207 e. The summed E-state index contributed by atoms with van der Waals surface area (Å²) < 4.78 is 39.2. The molecule has 0 N–H and O–H groups in total. The maximum atomic E-state index is 12.9. The Bertz CT molecular complexity index is 732. The second kappa shape index (κ2) is 6.13. The number of rotatable bonds is 4. The Morgan fingerprint density at radius 2 is 1.67 bits per heavy atom. The molecule has 2 aromatic carbocycles. The summed E-state index contributed by atoms with van der Waals surface area (Å²) in [7, 11) is -2.23. The number of halogens is 2. The van der Waals surface area contributed by atoms with E-state index >= 15 is 0 Å². The summed E-state index contributed by atoms with van der Waals surface area (Å²) in [5.41, 5.74) is 0.715. The highest BCUT2D eigenvalue weighted by atomic mass is 35.5.